The standard InChI is InChI=1S/C17H22N2O2/c18-17(20)7-8-21-16-5-3-15(4-6-16)19-11-14-10-12-1-2-13(14)9-12/h1-6,12-14,19H,7-11H2,(H2,18,20). The predicted octanol–water partition coefficient (Wildman–Crippen LogP) is 2.56. The Kier molecular flexibility index (Phi) is 4.13. The van der Waals surface area contributed by atoms with E-state index in [1.165, 1.54) is 12.8 Å². The number of ether oxygens (including phenoxy) is 1. The van der Waals surface area contributed by atoms with E-state index in [1.807, 2.05) is 24.3 Å². The first-order valence-corrected chi connectivity index (χ1v) is 7.64. The molecule has 2 aliphatic rings. The Morgan fingerprint density at radius 2 is 2.05 bits per heavy atom. The van der Waals surface area contributed by atoms with E-state index in [0.717, 1.165) is 35.7 Å². The van der Waals surface area contributed by atoms with Crippen molar-refractivity contribution in [1.82, 2.24) is 0 Å². The second kappa shape index (κ2) is 6.20. The van der Waals surface area contributed by atoms with Crippen LogP contribution in [0, 0.1) is 17.8 Å². The Bertz CT molecular complexity index is 524. The average Bonchev–Trinajstić information content (AvgIpc) is 3.08. The van der Waals surface area contributed by atoms with Crippen molar-refractivity contribution in [3.63, 3.8) is 0 Å². The molecule has 0 heterocycles. The molecule has 0 saturated heterocycles. The van der Waals surface area contributed by atoms with Gasteiger partial charge in [-0.15, -0.1) is 0 Å². The molecule has 2 aliphatic carbocycles. The first-order valence-electron chi connectivity index (χ1n) is 7.64. The van der Waals surface area contributed by atoms with E-state index in [-0.39, 0.29) is 12.3 Å². The topological polar surface area (TPSA) is 64.4 Å². The Labute approximate surface area is 125 Å². The largest absolute Gasteiger partial charge is 0.493 e. The third kappa shape index (κ3) is 3.57. The smallest absolute Gasteiger partial charge is 0.220 e. The van der Waals surface area contributed by atoms with Crippen LogP contribution in [0.3, 0.4) is 0 Å². The molecule has 0 radical (unpaired) electrons. The summed E-state index contributed by atoms with van der Waals surface area (Å²) in [6, 6.07) is 7.87. The summed E-state index contributed by atoms with van der Waals surface area (Å²) in [5, 5.41) is 3.51. The van der Waals surface area contributed by atoms with Gasteiger partial charge >= 0.3 is 0 Å². The summed E-state index contributed by atoms with van der Waals surface area (Å²) in [4.78, 5) is 10.6. The van der Waals surface area contributed by atoms with Crippen molar-refractivity contribution in [2.45, 2.75) is 19.3 Å². The highest BCUT2D eigenvalue weighted by molar-refractivity contribution is 5.73. The van der Waals surface area contributed by atoms with Crippen LogP contribution >= 0.6 is 0 Å². The fourth-order valence-corrected chi connectivity index (χ4v) is 3.32. The number of fused-ring (bicyclic) bond motifs is 2. The fraction of sp³-hybridized carbons (Fsp3) is 0.471. The molecular formula is C17H22N2O2. The molecule has 0 aromatic heterocycles. The van der Waals surface area contributed by atoms with Crippen LogP contribution in [0.4, 0.5) is 5.69 Å². The van der Waals surface area contributed by atoms with Gasteiger partial charge in [-0.1, -0.05) is 12.2 Å². The average molecular weight is 286 g/mol. The lowest BCUT2D eigenvalue weighted by molar-refractivity contribution is -0.118. The van der Waals surface area contributed by atoms with Gasteiger partial charge in [-0.05, 0) is 54.9 Å². The predicted molar refractivity (Wildman–Crippen MR) is 83.1 cm³/mol. The summed E-state index contributed by atoms with van der Waals surface area (Å²) in [5.41, 5.74) is 6.19. The summed E-state index contributed by atoms with van der Waals surface area (Å²) >= 11 is 0. The lowest BCUT2D eigenvalue weighted by Crippen LogP contribution is -2.18. The van der Waals surface area contributed by atoms with E-state index in [0.29, 0.717) is 6.61 Å². The van der Waals surface area contributed by atoms with Gasteiger partial charge in [-0.2, -0.15) is 0 Å². The molecule has 3 atom stereocenters. The number of amides is 1. The van der Waals surface area contributed by atoms with Crippen molar-refractivity contribution in [1.29, 1.82) is 0 Å². The summed E-state index contributed by atoms with van der Waals surface area (Å²) in [7, 11) is 0. The van der Waals surface area contributed by atoms with Gasteiger partial charge in [0, 0.05) is 12.2 Å². The zero-order valence-electron chi connectivity index (χ0n) is 12.1. The molecule has 1 fully saturated rings. The number of benzene rings is 1. The highest BCUT2D eigenvalue weighted by atomic mass is 16.5. The highest BCUT2D eigenvalue weighted by Crippen LogP contribution is 2.43. The first-order chi connectivity index (χ1) is 10.2. The lowest BCUT2D eigenvalue weighted by atomic mass is 9.93. The Morgan fingerprint density at radius 1 is 1.24 bits per heavy atom. The van der Waals surface area contributed by atoms with Crippen LogP contribution < -0.4 is 15.8 Å². The molecule has 0 spiro atoms. The number of allylic oxidation sites excluding steroid dienone is 2. The molecule has 4 heteroatoms. The van der Waals surface area contributed by atoms with Crippen molar-refractivity contribution in [2.75, 3.05) is 18.5 Å². The van der Waals surface area contributed by atoms with E-state index in [9.17, 15) is 4.79 Å². The van der Waals surface area contributed by atoms with Crippen molar-refractivity contribution in [3.8, 4) is 5.75 Å². The number of nitrogens with two attached hydrogens (primary N) is 1. The minimum Gasteiger partial charge on any atom is -0.493 e. The van der Waals surface area contributed by atoms with Crippen LogP contribution in [0.1, 0.15) is 19.3 Å². The molecule has 4 nitrogen and oxygen atoms in total. The molecular weight excluding hydrogens is 264 g/mol. The SMILES string of the molecule is NC(=O)CCOc1ccc(NCC2CC3C=CC2C3)cc1. The van der Waals surface area contributed by atoms with Crippen molar-refractivity contribution in [2.24, 2.45) is 23.5 Å². The van der Waals surface area contributed by atoms with Crippen molar-refractivity contribution < 1.29 is 9.53 Å². The molecule has 112 valence electrons. The van der Waals surface area contributed by atoms with Crippen LogP contribution in [0.15, 0.2) is 36.4 Å². The second-order valence-corrected chi connectivity index (χ2v) is 6.01. The van der Waals surface area contributed by atoms with Gasteiger partial charge in [0.15, 0.2) is 0 Å². The number of hydrogen-bond donors (Lipinski definition) is 2. The maximum atomic E-state index is 10.6. The van der Waals surface area contributed by atoms with Gasteiger partial charge in [0.1, 0.15) is 5.75 Å². The molecule has 21 heavy (non-hydrogen) atoms. The third-order valence-corrected chi connectivity index (χ3v) is 4.46. The Balaban J connectivity index is 1.44. The quantitative estimate of drug-likeness (QED) is 0.757. The first kappa shape index (κ1) is 14.0. The molecule has 2 bridgehead atoms. The normalized spacial score (nSPS) is 26.0. The van der Waals surface area contributed by atoms with Gasteiger partial charge in [0.05, 0.1) is 13.0 Å². The van der Waals surface area contributed by atoms with Crippen LogP contribution in [-0.2, 0) is 4.79 Å². The molecule has 3 N–H and O–H groups in total. The van der Waals surface area contributed by atoms with Crippen molar-refractivity contribution in [3.05, 3.63) is 36.4 Å². The van der Waals surface area contributed by atoms with Crippen LogP contribution in [-0.4, -0.2) is 19.1 Å². The zero-order valence-corrected chi connectivity index (χ0v) is 12.1. The molecule has 1 aromatic rings. The molecule has 1 amide bonds. The van der Waals surface area contributed by atoms with E-state index < -0.39 is 0 Å². The van der Waals surface area contributed by atoms with E-state index in [4.69, 9.17) is 10.5 Å². The lowest BCUT2D eigenvalue weighted by Gasteiger charge is -2.19. The minimum atomic E-state index is -0.340. The fourth-order valence-electron chi connectivity index (χ4n) is 3.32. The summed E-state index contributed by atoms with van der Waals surface area (Å²) in [6.45, 7) is 1.37. The number of anilines is 1. The van der Waals surface area contributed by atoms with Crippen molar-refractivity contribution >= 4 is 11.6 Å². The molecule has 1 aromatic carbocycles. The Morgan fingerprint density at radius 3 is 2.67 bits per heavy atom. The van der Waals surface area contributed by atoms with E-state index in [1.54, 1.807) is 0 Å². The maximum Gasteiger partial charge on any atom is 0.220 e. The number of nitrogens with one attached hydrogen (secondary N) is 1. The van der Waals surface area contributed by atoms with Crippen LogP contribution in [0.2, 0.25) is 0 Å². The Hall–Kier alpha value is -1.97. The van der Waals surface area contributed by atoms with Gasteiger partial charge in [0.25, 0.3) is 0 Å². The number of carbonyl (C=O) groups is 1. The summed E-state index contributed by atoms with van der Waals surface area (Å²) < 4.78 is 5.45. The monoisotopic (exact) mass is 286 g/mol. The summed E-state index contributed by atoms with van der Waals surface area (Å²) in [6.07, 6.45) is 7.68. The van der Waals surface area contributed by atoms with Gasteiger partial charge in [0.2, 0.25) is 5.91 Å². The molecule has 3 unspecified atom stereocenters. The van der Waals surface area contributed by atoms with Gasteiger partial charge in [-0.3, -0.25) is 4.79 Å². The number of carbonyl (C=O) groups excluding carboxylic acids is 1. The number of hydrogen-bond acceptors (Lipinski definition) is 3. The van der Waals surface area contributed by atoms with E-state index >= 15 is 0 Å². The highest BCUT2D eigenvalue weighted by Gasteiger charge is 2.35. The minimum absolute atomic E-state index is 0.248. The second-order valence-electron chi connectivity index (χ2n) is 6.01. The van der Waals surface area contributed by atoms with Gasteiger partial charge < -0.3 is 15.8 Å². The molecule has 3 rings (SSSR count). The van der Waals surface area contributed by atoms with Crippen LogP contribution in [0.5, 0.6) is 5.75 Å². The van der Waals surface area contributed by atoms with E-state index in [2.05, 4.69) is 17.5 Å². The molecule has 0 aliphatic heterocycles. The third-order valence-electron chi connectivity index (χ3n) is 4.46. The van der Waals surface area contributed by atoms with Crippen LogP contribution in [0.25, 0.3) is 0 Å². The van der Waals surface area contributed by atoms with Gasteiger partial charge in [-0.25, -0.2) is 0 Å². The zero-order chi connectivity index (χ0) is 14.7. The number of primary amides is 1. The maximum absolute atomic E-state index is 10.6. The summed E-state index contributed by atoms with van der Waals surface area (Å²) in [5.74, 6) is 2.80. The molecule has 1 saturated carbocycles. The number of rotatable bonds is 7.